The predicted octanol–water partition coefficient (Wildman–Crippen LogP) is -0.459. The van der Waals surface area contributed by atoms with Crippen molar-refractivity contribution in [3.05, 3.63) is 12.2 Å². The van der Waals surface area contributed by atoms with E-state index < -0.39 is 0 Å². The lowest BCUT2D eigenvalue weighted by molar-refractivity contribution is -0.116. The summed E-state index contributed by atoms with van der Waals surface area (Å²) in [5, 5.41) is 2.54. The van der Waals surface area contributed by atoms with Crippen molar-refractivity contribution in [3.8, 4) is 0 Å². The van der Waals surface area contributed by atoms with Gasteiger partial charge >= 0.3 is 0 Å². The van der Waals surface area contributed by atoms with Crippen LogP contribution in [0.2, 0.25) is 0 Å². The summed E-state index contributed by atoms with van der Waals surface area (Å²) in [6.07, 6.45) is 5.05. The third-order valence-electron chi connectivity index (χ3n) is 1.11. The molecule has 0 saturated heterocycles. The summed E-state index contributed by atoms with van der Waals surface area (Å²) in [5.74, 6) is -0.129. The molecule has 0 spiro atoms. The van der Waals surface area contributed by atoms with Crippen LogP contribution in [0.4, 0.5) is 0 Å². The third kappa shape index (κ3) is 1.38. The summed E-state index contributed by atoms with van der Waals surface area (Å²) in [7, 11) is 0. The number of hydrogen-bond donors (Lipinski definition) is 1. The van der Waals surface area contributed by atoms with Gasteiger partial charge in [0.1, 0.15) is 0 Å². The van der Waals surface area contributed by atoms with Gasteiger partial charge in [-0.2, -0.15) is 0 Å². The lowest BCUT2D eigenvalue weighted by Crippen LogP contribution is -2.26. The summed E-state index contributed by atoms with van der Waals surface area (Å²) in [4.78, 5) is 20.2. The summed E-state index contributed by atoms with van der Waals surface area (Å²) >= 11 is 0. The average Bonchev–Trinajstić information content (AvgIpc) is 2.17. The Balaban J connectivity index is 2.40. The van der Waals surface area contributed by atoms with Crippen molar-refractivity contribution in [2.75, 3.05) is 0 Å². The van der Waals surface area contributed by atoms with Crippen LogP contribution in [0.25, 0.3) is 0 Å². The number of hydrogen-bond acceptors (Lipinski definition) is 2. The second-order valence-corrected chi connectivity index (χ2v) is 1.82. The molecule has 0 saturated carbocycles. The maximum absolute atomic E-state index is 10.4. The highest BCUT2D eigenvalue weighted by atomic mass is 16.1. The molecule has 0 aliphatic carbocycles. The van der Waals surface area contributed by atoms with Crippen LogP contribution in [-0.2, 0) is 9.59 Å². The molecule has 47 valence electrons. The fourth-order valence-electron chi connectivity index (χ4n) is 0.691. The van der Waals surface area contributed by atoms with Crippen LogP contribution < -0.4 is 5.32 Å². The van der Waals surface area contributed by atoms with E-state index in [2.05, 4.69) is 5.32 Å². The minimum Gasteiger partial charge on any atom is -0.346 e. The lowest BCUT2D eigenvalue weighted by atomic mass is 10.2. The van der Waals surface area contributed by atoms with E-state index >= 15 is 0 Å². The maximum Gasteiger partial charge on any atom is 0.244 e. The standard InChI is InChI=1S/C6H6NO2/c8-4-3-5-1-2-6(9)7-5/h1-2,5H,3H2,(H,7,9)/t5-/m1/s1. The van der Waals surface area contributed by atoms with Gasteiger partial charge in [-0.15, -0.1) is 0 Å². The highest BCUT2D eigenvalue weighted by Gasteiger charge is 2.12. The molecule has 0 fully saturated rings. The predicted molar refractivity (Wildman–Crippen MR) is 31.4 cm³/mol. The van der Waals surface area contributed by atoms with Crippen LogP contribution in [0.5, 0.6) is 0 Å². The van der Waals surface area contributed by atoms with Crippen molar-refractivity contribution in [2.45, 2.75) is 12.5 Å². The number of amides is 1. The van der Waals surface area contributed by atoms with Crippen LogP contribution in [0.3, 0.4) is 0 Å². The molecular formula is C6H6NO2. The molecule has 1 rings (SSSR count). The van der Waals surface area contributed by atoms with E-state index in [1.165, 1.54) is 6.08 Å². The first-order valence-electron chi connectivity index (χ1n) is 2.66. The van der Waals surface area contributed by atoms with Gasteiger partial charge < -0.3 is 5.32 Å². The van der Waals surface area contributed by atoms with E-state index in [-0.39, 0.29) is 18.4 Å². The molecule has 1 heterocycles. The minimum atomic E-state index is -0.129. The zero-order valence-electron chi connectivity index (χ0n) is 4.76. The summed E-state index contributed by atoms with van der Waals surface area (Å²) in [6, 6.07) is -0.116. The Morgan fingerprint density at radius 3 is 3.00 bits per heavy atom. The lowest BCUT2D eigenvalue weighted by Gasteiger charge is -2.00. The van der Waals surface area contributed by atoms with Gasteiger partial charge in [0.15, 0.2) is 0 Å². The van der Waals surface area contributed by atoms with Crippen molar-refractivity contribution in [2.24, 2.45) is 0 Å². The number of carbonyl (C=O) groups is 1. The topological polar surface area (TPSA) is 46.2 Å². The van der Waals surface area contributed by atoms with Gasteiger partial charge in [0.25, 0.3) is 0 Å². The molecule has 1 aliphatic rings. The molecule has 0 bridgehead atoms. The Hall–Kier alpha value is -1.12. The quantitative estimate of drug-likeness (QED) is 0.541. The van der Waals surface area contributed by atoms with E-state index in [0.29, 0.717) is 0 Å². The number of carbonyl (C=O) groups excluding carboxylic acids is 2. The number of rotatable bonds is 2. The van der Waals surface area contributed by atoms with Crippen molar-refractivity contribution in [3.63, 3.8) is 0 Å². The molecule has 3 nitrogen and oxygen atoms in total. The SMILES string of the molecule is O=[C]C[C@H]1C=CC(=O)N1. The Kier molecular flexibility index (Phi) is 1.63. The third-order valence-corrected chi connectivity index (χ3v) is 1.11. The molecule has 0 aromatic heterocycles. The molecule has 3 heteroatoms. The van der Waals surface area contributed by atoms with Gasteiger partial charge in [-0.25, -0.2) is 0 Å². The zero-order chi connectivity index (χ0) is 6.69. The second-order valence-electron chi connectivity index (χ2n) is 1.82. The Labute approximate surface area is 52.7 Å². The molecule has 0 aromatic carbocycles. The van der Waals surface area contributed by atoms with E-state index in [4.69, 9.17) is 0 Å². The van der Waals surface area contributed by atoms with Crippen LogP contribution in [0.15, 0.2) is 12.2 Å². The van der Waals surface area contributed by atoms with Gasteiger partial charge in [0.05, 0.1) is 6.04 Å². The Morgan fingerprint density at radius 1 is 1.78 bits per heavy atom. The van der Waals surface area contributed by atoms with Crippen LogP contribution in [0, 0.1) is 0 Å². The van der Waals surface area contributed by atoms with Crippen LogP contribution >= 0.6 is 0 Å². The fraction of sp³-hybridized carbons (Fsp3) is 0.333. The molecule has 1 N–H and O–H groups in total. The van der Waals surface area contributed by atoms with Gasteiger partial charge in [0.2, 0.25) is 12.2 Å². The summed E-state index contributed by atoms with van der Waals surface area (Å²) < 4.78 is 0. The monoisotopic (exact) mass is 124 g/mol. The molecule has 1 aliphatic heterocycles. The first kappa shape index (κ1) is 6.01. The van der Waals surface area contributed by atoms with Crippen molar-refractivity contribution < 1.29 is 9.59 Å². The highest BCUT2D eigenvalue weighted by Crippen LogP contribution is 1.97. The van der Waals surface area contributed by atoms with Crippen LogP contribution in [0.1, 0.15) is 6.42 Å². The second kappa shape index (κ2) is 2.44. The van der Waals surface area contributed by atoms with Gasteiger partial charge in [0, 0.05) is 12.5 Å². The fourth-order valence-corrected chi connectivity index (χ4v) is 0.691. The van der Waals surface area contributed by atoms with Gasteiger partial charge in [-0.3, -0.25) is 9.59 Å². The molecule has 1 atom stereocenters. The first-order valence-corrected chi connectivity index (χ1v) is 2.66. The molecule has 1 amide bonds. The minimum absolute atomic E-state index is 0.116. The maximum atomic E-state index is 10.4. The Bertz CT molecular complexity index is 162. The zero-order valence-corrected chi connectivity index (χ0v) is 4.76. The van der Waals surface area contributed by atoms with E-state index in [1.807, 2.05) is 0 Å². The largest absolute Gasteiger partial charge is 0.346 e. The molecule has 9 heavy (non-hydrogen) atoms. The average molecular weight is 124 g/mol. The first-order chi connectivity index (χ1) is 4.33. The molecule has 0 aromatic rings. The molecule has 1 radical (unpaired) electrons. The molecular weight excluding hydrogens is 118 g/mol. The van der Waals surface area contributed by atoms with Gasteiger partial charge in [-0.05, 0) is 0 Å². The smallest absolute Gasteiger partial charge is 0.244 e. The summed E-state index contributed by atoms with van der Waals surface area (Å²) in [6.45, 7) is 0. The normalized spacial score (nSPS) is 24.0. The summed E-state index contributed by atoms with van der Waals surface area (Å²) in [5.41, 5.74) is 0. The van der Waals surface area contributed by atoms with Crippen molar-refractivity contribution in [1.29, 1.82) is 0 Å². The highest BCUT2D eigenvalue weighted by molar-refractivity contribution is 5.90. The Morgan fingerprint density at radius 2 is 2.56 bits per heavy atom. The van der Waals surface area contributed by atoms with E-state index in [9.17, 15) is 9.59 Å². The van der Waals surface area contributed by atoms with Gasteiger partial charge in [-0.1, -0.05) is 6.08 Å². The molecule has 0 unspecified atom stereocenters. The van der Waals surface area contributed by atoms with Crippen molar-refractivity contribution in [1.82, 2.24) is 5.32 Å². The van der Waals surface area contributed by atoms with E-state index in [0.717, 1.165) is 0 Å². The number of nitrogens with one attached hydrogen (secondary N) is 1. The van der Waals surface area contributed by atoms with E-state index in [1.54, 1.807) is 12.4 Å². The van der Waals surface area contributed by atoms with Crippen molar-refractivity contribution >= 4 is 12.2 Å². The van der Waals surface area contributed by atoms with Crippen LogP contribution in [-0.4, -0.2) is 18.2 Å².